The second kappa shape index (κ2) is 5.75. The highest BCUT2D eigenvalue weighted by Crippen LogP contribution is 2.39. The molecule has 6 heteroatoms. The van der Waals surface area contributed by atoms with Gasteiger partial charge in [0.15, 0.2) is 5.78 Å². The first kappa shape index (κ1) is 15.6. The largest absolute Gasteiger partial charge is 0.293 e. The third-order valence-corrected chi connectivity index (χ3v) is 4.37. The lowest BCUT2D eigenvalue weighted by atomic mass is 9.76. The lowest BCUT2D eigenvalue weighted by Crippen LogP contribution is -2.24. The number of carbonyl (C=O) groups is 1. The molecule has 2 aromatic rings. The zero-order valence-corrected chi connectivity index (χ0v) is 13.6. The Morgan fingerprint density at radius 1 is 1.29 bits per heavy atom. The van der Waals surface area contributed by atoms with Crippen LogP contribution in [-0.4, -0.2) is 21.7 Å². The third-order valence-electron chi connectivity index (χ3n) is 4.37. The molecule has 1 aromatic carbocycles. The standard InChI is InChI=1S/C18H15N5O/c1-9-14(7-19)17(15(8-20)10(2)21-9)12-4-5-16-13(6-12)18(11(3)24)23-22-16/h4-6,14,17H,1-3H3,(H,22,23). The first-order valence-electron chi connectivity index (χ1n) is 7.52. The minimum atomic E-state index is -0.506. The molecular weight excluding hydrogens is 302 g/mol. The maximum atomic E-state index is 11.7. The number of benzene rings is 1. The van der Waals surface area contributed by atoms with Gasteiger partial charge >= 0.3 is 0 Å². The molecule has 0 amide bonds. The van der Waals surface area contributed by atoms with E-state index < -0.39 is 11.8 Å². The smallest absolute Gasteiger partial charge is 0.180 e. The molecule has 0 saturated heterocycles. The van der Waals surface area contributed by atoms with E-state index in [9.17, 15) is 15.3 Å². The summed E-state index contributed by atoms with van der Waals surface area (Å²) in [5.74, 6) is -1.03. The highest BCUT2D eigenvalue weighted by molar-refractivity contribution is 6.04. The van der Waals surface area contributed by atoms with Crippen molar-refractivity contribution in [3.63, 3.8) is 0 Å². The number of aromatic amines is 1. The molecule has 3 rings (SSSR count). The summed E-state index contributed by atoms with van der Waals surface area (Å²) in [6.07, 6.45) is 0. The summed E-state index contributed by atoms with van der Waals surface area (Å²) in [5, 5.41) is 26.7. The van der Waals surface area contributed by atoms with Crippen LogP contribution < -0.4 is 0 Å². The maximum Gasteiger partial charge on any atom is 0.180 e. The lowest BCUT2D eigenvalue weighted by Gasteiger charge is -2.26. The summed E-state index contributed by atoms with van der Waals surface area (Å²) in [7, 11) is 0. The first-order valence-corrected chi connectivity index (χ1v) is 7.52. The van der Waals surface area contributed by atoms with Gasteiger partial charge in [-0.25, -0.2) is 0 Å². The predicted molar refractivity (Wildman–Crippen MR) is 89.4 cm³/mol. The van der Waals surface area contributed by atoms with E-state index in [4.69, 9.17) is 0 Å². The Kier molecular flexibility index (Phi) is 3.75. The molecule has 24 heavy (non-hydrogen) atoms. The van der Waals surface area contributed by atoms with Crippen molar-refractivity contribution >= 4 is 22.4 Å². The van der Waals surface area contributed by atoms with Crippen LogP contribution in [0.5, 0.6) is 0 Å². The van der Waals surface area contributed by atoms with E-state index in [1.54, 1.807) is 13.8 Å². The Morgan fingerprint density at radius 2 is 2.04 bits per heavy atom. The van der Waals surface area contributed by atoms with Crippen molar-refractivity contribution in [2.75, 3.05) is 0 Å². The lowest BCUT2D eigenvalue weighted by molar-refractivity contribution is 0.101. The van der Waals surface area contributed by atoms with Crippen LogP contribution in [0.15, 0.2) is 34.5 Å². The van der Waals surface area contributed by atoms with E-state index in [1.807, 2.05) is 18.2 Å². The van der Waals surface area contributed by atoms with Gasteiger partial charge in [-0.15, -0.1) is 0 Å². The van der Waals surface area contributed by atoms with Gasteiger partial charge in [0.25, 0.3) is 0 Å². The van der Waals surface area contributed by atoms with Crippen molar-refractivity contribution < 1.29 is 4.79 Å². The Morgan fingerprint density at radius 3 is 2.67 bits per heavy atom. The number of nitriles is 2. The van der Waals surface area contributed by atoms with Crippen molar-refractivity contribution in [3.8, 4) is 12.1 Å². The SMILES string of the molecule is CC(=O)c1n[nH]c2ccc(C3C(C#N)=C(C)N=C(C)C3C#N)cc12. The van der Waals surface area contributed by atoms with E-state index in [-0.39, 0.29) is 5.78 Å². The van der Waals surface area contributed by atoms with Gasteiger partial charge in [0.1, 0.15) is 5.69 Å². The molecule has 0 radical (unpaired) electrons. The zero-order chi connectivity index (χ0) is 17.4. The first-order chi connectivity index (χ1) is 11.5. The van der Waals surface area contributed by atoms with Crippen LogP contribution in [0.25, 0.3) is 10.9 Å². The van der Waals surface area contributed by atoms with E-state index in [2.05, 4.69) is 27.3 Å². The topological polar surface area (TPSA) is 106 Å². The van der Waals surface area contributed by atoms with Crippen LogP contribution in [0.3, 0.4) is 0 Å². The Labute approximate surface area is 139 Å². The van der Waals surface area contributed by atoms with Gasteiger partial charge in [-0.1, -0.05) is 6.07 Å². The molecule has 1 aliphatic heterocycles. The van der Waals surface area contributed by atoms with Crippen molar-refractivity contribution in [1.82, 2.24) is 10.2 Å². The molecular formula is C18H15N5O. The second-order valence-electron chi connectivity index (χ2n) is 5.88. The van der Waals surface area contributed by atoms with Crippen molar-refractivity contribution in [2.24, 2.45) is 10.9 Å². The molecule has 6 nitrogen and oxygen atoms in total. The number of H-pyrrole nitrogens is 1. The number of allylic oxidation sites excluding steroid dienone is 2. The molecule has 2 atom stereocenters. The molecule has 0 bridgehead atoms. The second-order valence-corrected chi connectivity index (χ2v) is 5.88. The third kappa shape index (κ3) is 2.29. The Hall–Kier alpha value is -3.25. The Bertz CT molecular complexity index is 997. The van der Waals surface area contributed by atoms with Gasteiger partial charge in [-0.05, 0) is 31.5 Å². The molecule has 2 unspecified atom stereocenters. The molecule has 0 saturated carbocycles. The van der Waals surface area contributed by atoms with Crippen LogP contribution in [0.4, 0.5) is 0 Å². The van der Waals surface area contributed by atoms with Crippen LogP contribution in [0, 0.1) is 28.6 Å². The number of ketones is 1. The number of fused-ring (bicyclic) bond motifs is 1. The molecule has 0 fully saturated rings. The van der Waals surface area contributed by atoms with Crippen LogP contribution in [-0.2, 0) is 0 Å². The quantitative estimate of drug-likeness (QED) is 0.858. The number of aliphatic imine (C=N–C) groups is 1. The highest BCUT2D eigenvalue weighted by Gasteiger charge is 2.34. The van der Waals surface area contributed by atoms with Gasteiger partial charge in [0, 0.05) is 23.9 Å². The average Bonchev–Trinajstić information content (AvgIpc) is 2.97. The summed E-state index contributed by atoms with van der Waals surface area (Å²) < 4.78 is 0. The fourth-order valence-electron chi connectivity index (χ4n) is 3.20. The molecule has 1 aliphatic rings. The number of hydrogen-bond donors (Lipinski definition) is 1. The van der Waals surface area contributed by atoms with E-state index in [0.29, 0.717) is 28.1 Å². The minimum absolute atomic E-state index is 0.135. The molecule has 1 aromatic heterocycles. The van der Waals surface area contributed by atoms with Crippen LogP contribution in [0.2, 0.25) is 0 Å². The van der Waals surface area contributed by atoms with E-state index >= 15 is 0 Å². The number of aromatic nitrogens is 2. The normalized spacial score (nSPS) is 20.5. The van der Waals surface area contributed by atoms with Crippen molar-refractivity contribution in [2.45, 2.75) is 26.7 Å². The maximum absolute atomic E-state index is 11.7. The number of nitrogens with one attached hydrogen (secondary N) is 1. The molecule has 118 valence electrons. The van der Waals surface area contributed by atoms with Crippen molar-refractivity contribution in [3.05, 3.63) is 40.7 Å². The summed E-state index contributed by atoms with van der Waals surface area (Å²) in [4.78, 5) is 16.1. The fourth-order valence-corrected chi connectivity index (χ4v) is 3.20. The summed E-state index contributed by atoms with van der Waals surface area (Å²) in [6.45, 7) is 5.04. The fraction of sp³-hybridized carbons (Fsp3) is 0.278. The number of rotatable bonds is 2. The summed E-state index contributed by atoms with van der Waals surface area (Å²) in [6, 6.07) is 9.99. The Balaban J connectivity index is 2.23. The van der Waals surface area contributed by atoms with Crippen LogP contribution >= 0.6 is 0 Å². The minimum Gasteiger partial charge on any atom is -0.293 e. The van der Waals surface area contributed by atoms with E-state index in [0.717, 1.165) is 11.1 Å². The number of Topliss-reactive ketones (excluding diaryl/α,β-unsaturated/α-hetero) is 1. The molecule has 2 heterocycles. The number of carbonyl (C=O) groups excluding carboxylic acids is 1. The van der Waals surface area contributed by atoms with Gasteiger partial charge in [-0.3, -0.25) is 14.9 Å². The monoisotopic (exact) mass is 317 g/mol. The van der Waals surface area contributed by atoms with Gasteiger partial charge in [0.05, 0.1) is 34.8 Å². The molecule has 0 spiro atoms. The molecule has 1 N–H and O–H groups in total. The summed E-state index contributed by atoms with van der Waals surface area (Å²) in [5.41, 5.74) is 3.73. The number of nitrogens with zero attached hydrogens (tertiary/aromatic N) is 4. The molecule has 0 aliphatic carbocycles. The number of hydrogen-bond acceptors (Lipinski definition) is 5. The average molecular weight is 317 g/mol. The van der Waals surface area contributed by atoms with Gasteiger partial charge < -0.3 is 0 Å². The van der Waals surface area contributed by atoms with Crippen molar-refractivity contribution in [1.29, 1.82) is 10.5 Å². The van der Waals surface area contributed by atoms with Gasteiger partial charge in [0.2, 0.25) is 0 Å². The van der Waals surface area contributed by atoms with Crippen LogP contribution in [0.1, 0.15) is 42.7 Å². The zero-order valence-electron chi connectivity index (χ0n) is 13.6. The highest BCUT2D eigenvalue weighted by atomic mass is 16.1. The van der Waals surface area contributed by atoms with Gasteiger partial charge in [-0.2, -0.15) is 15.6 Å². The van der Waals surface area contributed by atoms with E-state index in [1.165, 1.54) is 6.92 Å². The summed E-state index contributed by atoms with van der Waals surface area (Å²) >= 11 is 0. The predicted octanol–water partition coefficient (Wildman–Crippen LogP) is 3.26.